The Morgan fingerprint density at radius 1 is 1.09 bits per heavy atom. The van der Waals surface area contributed by atoms with Crippen molar-refractivity contribution in [1.29, 1.82) is 0 Å². The lowest BCUT2D eigenvalue weighted by Gasteiger charge is -2.38. The van der Waals surface area contributed by atoms with Gasteiger partial charge in [0.2, 0.25) is 0 Å². The molecule has 8 heteroatoms. The fraction of sp³-hybridized carbons (Fsp3) is 0.458. The predicted octanol–water partition coefficient (Wildman–Crippen LogP) is 4.36. The molecular weight excluding hydrogens is 421 g/mol. The zero-order chi connectivity index (χ0) is 23.2. The van der Waals surface area contributed by atoms with Crippen LogP contribution in [0.4, 0.5) is 18.9 Å². The van der Waals surface area contributed by atoms with Crippen molar-refractivity contribution in [2.75, 3.05) is 38.6 Å². The van der Waals surface area contributed by atoms with Crippen LogP contribution in [0.1, 0.15) is 40.7 Å². The lowest BCUT2D eigenvalue weighted by molar-refractivity contribution is -0.137. The molecule has 0 saturated carbocycles. The molecule has 1 aliphatic heterocycles. The zero-order valence-electron chi connectivity index (χ0n) is 18.1. The van der Waals surface area contributed by atoms with Crippen molar-refractivity contribution in [3.63, 3.8) is 0 Å². The maximum absolute atomic E-state index is 12.7. The molecule has 5 nitrogen and oxygen atoms in total. The molecule has 32 heavy (non-hydrogen) atoms. The summed E-state index contributed by atoms with van der Waals surface area (Å²) in [4.78, 5) is 13.7. The topological polar surface area (TPSA) is 61.8 Å². The molecule has 0 unspecified atom stereocenters. The van der Waals surface area contributed by atoms with Crippen molar-refractivity contribution < 1.29 is 27.8 Å². The molecule has 1 fully saturated rings. The van der Waals surface area contributed by atoms with Gasteiger partial charge in [-0.2, -0.15) is 13.2 Å². The Balaban J connectivity index is 1.38. The van der Waals surface area contributed by atoms with Crippen LogP contribution in [-0.2, 0) is 17.3 Å². The normalized spacial score (nSPS) is 16.5. The van der Waals surface area contributed by atoms with Gasteiger partial charge in [-0.15, -0.1) is 0 Å². The quantitative estimate of drug-likeness (QED) is 0.585. The number of aliphatic hydroxyl groups is 1. The zero-order valence-corrected chi connectivity index (χ0v) is 18.1. The van der Waals surface area contributed by atoms with Crippen molar-refractivity contribution in [2.45, 2.75) is 37.5 Å². The molecule has 2 aromatic carbocycles. The number of anilines is 1. The number of carbonyl (C=O) groups excluding carboxylic acids is 1. The molecular formula is C24H29F3N2O3. The Bertz CT molecular complexity index is 875. The first-order valence-corrected chi connectivity index (χ1v) is 10.7. The summed E-state index contributed by atoms with van der Waals surface area (Å²) >= 11 is 0. The van der Waals surface area contributed by atoms with Crippen LogP contribution >= 0.6 is 0 Å². The second-order valence-corrected chi connectivity index (χ2v) is 8.26. The van der Waals surface area contributed by atoms with E-state index in [0.29, 0.717) is 37.8 Å². The van der Waals surface area contributed by atoms with E-state index in [-0.39, 0.29) is 5.97 Å². The number of hydrogen-bond donors (Lipinski definition) is 2. The molecule has 0 spiro atoms. The molecule has 0 aromatic heterocycles. The first kappa shape index (κ1) is 24.1. The lowest BCUT2D eigenvalue weighted by Crippen LogP contribution is -2.45. The summed E-state index contributed by atoms with van der Waals surface area (Å²) in [6.07, 6.45) is -1.71. The highest BCUT2D eigenvalue weighted by molar-refractivity contribution is 5.89. The SMILES string of the molecule is COC(=O)c1ccc(NCCC2(O)CCN(CCc3ccc(C(F)(F)F)cc3)CC2)cc1. The van der Waals surface area contributed by atoms with E-state index in [4.69, 9.17) is 0 Å². The molecule has 0 bridgehead atoms. The number of esters is 1. The first-order chi connectivity index (χ1) is 15.2. The minimum Gasteiger partial charge on any atom is -0.465 e. The number of nitrogens with one attached hydrogen (secondary N) is 1. The lowest BCUT2D eigenvalue weighted by atomic mass is 9.88. The maximum Gasteiger partial charge on any atom is 0.416 e. The third-order valence-corrected chi connectivity index (χ3v) is 6.01. The number of piperidine rings is 1. The Hall–Kier alpha value is -2.58. The molecule has 3 rings (SSSR count). The molecule has 2 N–H and O–H groups in total. The first-order valence-electron chi connectivity index (χ1n) is 10.7. The van der Waals surface area contributed by atoms with Crippen molar-refractivity contribution in [1.82, 2.24) is 4.90 Å². The minimum atomic E-state index is -4.31. The number of likely N-dealkylation sites (tertiary alicyclic amines) is 1. The molecule has 1 saturated heterocycles. The summed E-state index contributed by atoms with van der Waals surface area (Å²) in [5.41, 5.74) is 0.873. The van der Waals surface area contributed by atoms with Crippen LogP contribution < -0.4 is 5.32 Å². The number of ether oxygens (including phenoxy) is 1. The molecule has 0 amide bonds. The molecule has 0 radical (unpaired) electrons. The van der Waals surface area contributed by atoms with Crippen LogP contribution in [0, 0.1) is 0 Å². The number of methoxy groups -OCH3 is 1. The highest BCUT2D eigenvalue weighted by Crippen LogP contribution is 2.29. The smallest absolute Gasteiger partial charge is 0.416 e. The maximum atomic E-state index is 12.7. The molecule has 1 aliphatic rings. The van der Waals surface area contributed by atoms with E-state index >= 15 is 0 Å². The second-order valence-electron chi connectivity index (χ2n) is 8.26. The summed E-state index contributed by atoms with van der Waals surface area (Å²) < 4.78 is 42.7. The monoisotopic (exact) mass is 450 g/mol. The fourth-order valence-corrected chi connectivity index (χ4v) is 3.87. The van der Waals surface area contributed by atoms with Gasteiger partial charge in [-0.1, -0.05) is 12.1 Å². The summed E-state index contributed by atoms with van der Waals surface area (Å²) in [6, 6.07) is 12.3. The fourth-order valence-electron chi connectivity index (χ4n) is 3.87. The van der Waals surface area contributed by atoms with E-state index in [9.17, 15) is 23.1 Å². The summed E-state index contributed by atoms with van der Waals surface area (Å²) in [5.74, 6) is -0.379. The molecule has 174 valence electrons. The average Bonchev–Trinajstić information content (AvgIpc) is 2.78. The van der Waals surface area contributed by atoms with Gasteiger partial charge in [0.15, 0.2) is 0 Å². The number of hydrogen-bond acceptors (Lipinski definition) is 5. The Kier molecular flexibility index (Phi) is 7.79. The van der Waals surface area contributed by atoms with Crippen LogP contribution in [0.25, 0.3) is 0 Å². The van der Waals surface area contributed by atoms with Crippen LogP contribution in [-0.4, -0.2) is 54.9 Å². The number of nitrogens with zero attached hydrogens (tertiary/aromatic N) is 1. The Morgan fingerprint density at radius 2 is 1.72 bits per heavy atom. The number of rotatable bonds is 8. The van der Waals surface area contributed by atoms with Gasteiger partial charge in [0.05, 0.1) is 23.8 Å². The number of alkyl halides is 3. The average molecular weight is 451 g/mol. The number of benzene rings is 2. The van der Waals surface area contributed by atoms with E-state index < -0.39 is 17.3 Å². The van der Waals surface area contributed by atoms with Gasteiger partial charge in [0.25, 0.3) is 0 Å². The van der Waals surface area contributed by atoms with E-state index in [1.807, 2.05) is 0 Å². The van der Waals surface area contributed by atoms with E-state index in [2.05, 4.69) is 15.0 Å². The van der Waals surface area contributed by atoms with Crippen LogP contribution in [0.2, 0.25) is 0 Å². The van der Waals surface area contributed by atoms with Crippen molar-refractivity contribution in [3.05, 3.63) is 65.2 Å². The van der Waals surface area contributed by atoms with Gasteiger partial charge in [-0.25, -0.2) is 4.79 Å². The molecule has 0 atom stereocenters. The third kappa shape index (κ3) is 6.71. The second kappa shape index (κ2) is 10.4. The molecule has 0 aliphatic carbocycles. The number of carbonyl (C=O) groups is 1. The van der Waals surface area contributed by atoms with Gasteiger partial charge >= 0.3 is 12.1 Å². The van der Waals surface area contributed by atoms with Crippen LogP contribution in [0.15, 0.2) is 48.5 Å². The molecule has 1 heterocycles. The van der Waals surface area contributed by atoms with Crippen molar-refractivity contribution >= 4 is 11.7 Å². The standard InChI is InChI=1S/C24H29F3N2O3/c1-32-22(30)19-4-8-21(9-5-19)28-14-11-23(31)12-16-29(17-13-23)15-10-18-2-6-20(7-3-18)24(25,26)27/h2-9,28,31H,10-17H2,1H3. The van der Waals surface area contributed by atoms with Crippen molar-refractivity contribution in [2.24, 2.45) is 0 Å². The van der Waals surface area contributed by atoms with E-state index in [0.717, 1.165) is 43.0 Å². The van der Waals surface area contributed by atoms with E-state index in [1.54, 1.807) is 24.3 Å². The van der Waals surface area contributed by atoms with E-state index in [1.165, 1.54) is 19.2 Å². The number of halogens is 3. The van der Waals surface area contributed by atoms with Gasteiger partial charge in [0, 0.05) is 31.9 Å². The highest BCUT2D eigenvalue weighted by Gasteiger charge is 2.32. The third-order valence-electron chi connectivity index (χ3n) is 6.01. The highest BCUT2D eigenvalue weighted by atomic mass is 19.4. The predicted molar refractivity (Wildman–Crippen MR) is 117 cm³/mol. The Morgan fingerprint density at radius 3 is 2.28 bits per heavy atom. The van der Waals surface area contributed by atoms with Crippen molar-refractivity contribution in [3.8, 4) is 0 Å². The summed E-state index contributed by atoms with van der Waals surface area (Å²) in [5, 5.41) is 14.1. The van der Waals surface area contributed by atoms with Gasteiger partial charge in [-0.3, -0.25) is 0 Å². The largest absolute Gasteiger partial charge is 0.465 e. The van der Waals surface area contributed by atoms with Gasteiger partial charge in [0.1, 0.15) is 0 Å². The summed E-state index contributed by atoms with van der Waals surface area (Å²) in [6.45, 7) is 2.88. The van der Waals surface area contributed by atoms with Gasteiger partial charge in [-0.05, 0) is 67.6 Å². The van der Waals surface area contributed by atoms with Crippen LogP contribution in [0.3, 0.4) is 0 Å². The van der Waals surface area contributed by atoms with Crippen LogP contribution in [0.5, 0.6) is 0 Å². The van der Waals surface area contributed by atoms with Gasteiger partial charge < -0.3 is 20.1 Å². The Labute approximate surface area is 186 Å². The summed E-state index contributed by atoms with van der Waals surface area (Å²) in [7, 11) is 1.34. The molecule has 2 aromatic rings. The minimum absolute atomic E-state index is 0.379.